The number of imidazole rings is 1. The number of nitrogens with zero attached hydrogens (tertiary/aromatic N) is 2. The van der Waals surface area contributed by atoms with Gasteiger partial charge in [0.2, 0.25) is 5.91 Å². The van der Waals surface area contributed by atoms with E-state index in [-0.39, 0.29) is 19.0 Å². The van der Waals surface area contributed by atoms with Gasteiger partial charge >= 0.3 is 6.09 Å². The smallest absolute Gasteiger partial charge is 0.414 e. The highest BCUT2D eigenvalue weighted by Crippen LogP contribution is 2.29. The highest BCUT2D eigenvalue weighted by atomic mass is 19.1. The first-order valence-corrected chi connectivity index (χ1v) is 10.7. The van der Waals surface area contributed by atoms with E-state index in [1.807, 2.05) is 37.4 Å². The maximum absolute atomic E-state index is 14.9. The molecule has 2 aromatic carbocycles. The first kappa shape index (κ1) is 22.5. The molecule has 4 rings (SSSR count). The Labute approximate surface area is 191 Å². The van der Waals surface area contributed by atoms with Crippen molar-refractivity contribution < 1.29 is 18.7 Å². The van der Waals surface area contributed by atoms with Crippen LogP contribution in [0.1, 0.15) is 24.0 Å². The molecule has 0 unspecified atom stereocenters. The highest BCUT2D eigenvalue weighted by molar-refractivity contribution is 5.90. The summed E-state index contributed by atoms with van der Waals surface area (Å²) in [6.45, 7) is 5.11. The molecule has 3 aromatic rings. The number of halogens is 1. The molecule has 0 saturated carbocycles. The molecule has 1 fully saturated rings. The number of benzene rings is 2. The second kappa shape index (κ2) is 9.83. The zero-order chi connectivity index (χ0) is 23.4. The molecule has 1 atom stereocenters. The zero-order valence-corrected chi connectivity index (χ0v) is 18.5. The Kier molecular flexibility index (Phi) is 6.69. The van der Waals surface area contributed by atoms with E-state index < -0.39 is 18.0 Å². The Hall–Kier alpha value is -3.72. The van der Waals surface area contributed by atoms with Crippen LogP contribution in [0.25, 0.3) is 11.1 Å². The number of aryl methyl sites for hydroxylation is 1. The molecule has 2 heterocycles. The molecule has 1 aliphatic rings. The van der Waals surface area contributed by atoms with Crippen LogP contribution in [0.3, 0.4) is 0 Å². The second-order valence-electron chi connectivity index (χ2n) is 8.00. The van der Waals surface area contributed by atoms with Crippen LogP contribution >= 0.6 is 0 Å². The molecule has 0 spiro atoms. The number of anilines is 1. The summed E-state index contributed by atoms with van der Waals surface area (Å²) in [5, 5.41) is 5.96. The minimum absolute atomic E-state index is 0.200. The lowest BCUT2D eigenvalue weighted by Crippen LogP contribution is -2.33. The molecule has 8 nitrogen and oxygen atoms in total. The van der Waals surface area contributed by atoms with Crippen molar-refractivity contribution >= 4 is 17.7 Å². The molecule has 3 N–H and O–H groups in total. The zero-order valence-electron chi connectivity index (χ0n) is 18.5. The van der Waals surface area contributed by atoms with Gasteiger partial charge in [0.25, 0.3) is 0 Å². The number of H-pyrrole nitrogens is 1. The molecule has 1 saturated heterocycles. The number of carbonyl (C=O) groups is 2. The summed E-state index contributed by atoms with van der Waals surface area (Å²) in [6, 6.07) is 12.3. The van der Waals surface area contributed by atoms with E-state index in [1.165, 1.54) is 17.9 Å². The Morgan fingerprint density at radius 1 is 1.24 bits per heavy atom. The van der Waals surface area contributed by atoms with Crippen molar-refractivity contribution in [1.29, 1.82) is 0 Å². The van der Waals surface area contributed by atoms with Gasteiger partial charge in [-0.15, -0.1) is 0 Å². The predicted octanol–water partition coefficient (Wildman–Crippen LogP) is 3.28. The van der Waals surface area contributed by atoms with Gasteiger partial charge in [-0.3, -0.25) is 9.69 Å². The Morgan fingerprint density at radius 3 is 2.70 bits per heavy atom. The van der Waals surface area contributed by atoms with E-state index >= 15 is 0 Å². The lowest BCUT2D eigenvalue weighted by Gasteiger charge is -2.15. The molecular weight excluding hydrogens is 425 g/mol. The molecule has 172 valence electrons. The third-order valence-electron chi connectivity index (χ3n) is 5.38. The van der Waals surface area contributed by atoms with Gasteiger partial charge in [0, 0.05) is 31.8 Å². The Balaban J connectivity index is 1.37. The van der Waals surface area contributed by atoms with Crippen LogP contribution in [0.4, 0.5) is 14.9 Å². The third kappa shape index (κ3) is 5.56. The summed E-state index contributed by atoms with van der Waals surface area (Å²) in [5.41, 5.74) is 3.65. The van der Waals surface area contributed by atoms with Crippen molar-refractivity contribution in [2.75, 3.05) is 18.0 Å². The van der Waals surface area contributed by atoms with Crippen LogP contribution in [-0.4, -0.2) is 41.2 Å². The van der Waals surface area contributed by atoms with Crippen LogP contribution in [0.15, 0.2) is 48.7 Å². The van der Waals surface area contributed by atoms with Gasteiger partial charge in [-0.1, -0.05) is 24.3 Å². The van der Waals surface area contributed by atoms with Crippen molar-refractivity contribution in [2.24, 2.45) is 0 Å². The number of cyclic esters (lactones) is 1. The number of ether oxygens (including phenoxy) is 1. The number of aromatic nitrogens is 2. The van der Waals surface area contributed by atoms with Crippen LogP contribution < -0.4 is 15.5 Å². The summed E-state index contributed by atoms with van der Waals surface area (Å²) in [5.74, 6) is 0.260. The summed E-state index contributed by atoms with van der Waals surface area (Å²) in [6.07, 6.45) is 0.852. The fourth-order valence-electron chi connectivity index (χ4n) is 3.70. The van der Waals surface area contributed by atoms with E-state index in [0.717, 1.165) is 22.6 Å². The Morgan fingerprint density at radius 2 is 2.03 bits per heavy atom. The van der Waals surface area contributed by atoms with Gasteiger partial charge in [-0.25, -0.2) is 14.2 Å². The number of rotatable bonds is 8. The average Bonchev–Trinajstić information content (AvgIpc) is 3.38. The quantitative estimate of drug-likeness (QED) is 0.488. The van der Waals surface area contributed by atoms with Crippen LogP contribution in [0.2, 0.25) is 0 Å². The number of amides is 2. The maximum atomic E-state index is 14.9. The predicted molar refractivity (Wildman–Crippen MR) is 122 cm³/mol. The van der Waals surface area contributed by atoms with Gasteiger partial charge in [0.05, 0.1) is 24.5 Å². The van der Waals surface area contributed by atoms with Crippen molar-refractivity contribution in [3.8, 4) is 11.1 Å². The van der Waals surface area contributed by atoms with Crippen molar-refractivity contribution in [1.82, 2.24) is 20.6 Å². The minimum Gasteiger partial charge on any atom is -0.442 e. The molecule has 1 aliphatic heterocycles. The van der Waals surface area contributed by atoms with Crippen LogP contribution in [0, 0.1) is 12.7 Å². The monoisotopic (exact) mass is 451 g/mol. The van der Waals surface area contributed by atoms with Gasteiger partial charge in [-0.2, -0.15) is 0 Å². The number of hydrogen-bond acceptors (Lipinski definition) is 5. The lowest BCUT2D eigenvalue weighted by molar-refractivity contribution is -0.119. The molecule has 2 amide bonds. The standard InChI is InChI=1S/C24H26FN5O3/c1-15-27-12-19(29-15)11-26-10-17-3-5-18(6-4-17)22-8-7-20(9-23(22)25)30-14-21(33-24(30)32)13-28-16(2)31/h3-9,12,21,26H,10-11,13-14H2,1-2H3,(H,27,29)(H,28,31)/t21-/m0/s1. The van der Waals surface area contributed by atoms with Gasteiger partial charge in [0.15, 0.2) is 0 Å². The fraction of sp³-hybridized carbons (Fsp3) is 0.292. The first-order chi connectivity index (χ1) is 15.9. The molecule has 1 aromatic heterocycles. The topological polar surface area (TPSA) is 99.4 Å². The largest absolute Gasteiger partial charge is 0.442 e. The number of carbonyl (C=O) groups excluding carboxylic acids is 2. The fourth-order valence-corrected chi connectivity index (χ4v) is 3.70. The molecular formula is C24H26FN5O3. The lowest BCUT2D eigenvalue weighted by atomic mass is 10.0. The van der Waals surface area contributed by atoms with Crippen LogP contribution in [0.5, 0.6) is 0 Å². The second-order valence-corrected chi connectivity index (χ2v) is 8.00. The Bertz CT molecular complexity index is 1150. The summed E-state index contributed by atoms with van der Waals surface area (Å²) in [7, 11) is 0. The van der Waals surface area contributed by atoms with Crippen molar-refractivity contribution in [3.05, 3.63) is 71.6 Å². The average molecular weight is 452 g/mol. The van der Waals surface area contributed by atoms with Crippen molar-refractivity contribution in [2.45, 2.75) is 33.0 Å². The van der Waals surface area contributed by atoms with E-state index in [4.69, 9.17) is 4.74 Å². The van der Waals surface area contributed by atoms with E-state index in [2.05, 4.69) is 20.6 Å². The van der Waals surface area contributed by atoms with Crippen molar-refractivity contribution in [3.63, 3.8) is 0 Å². The highest BCUT2D eigenvalue weighted by Gasteiger charge is 2.32. The van der Waals surface area contributed by atoms with Gasteiger partial charge in [-0.05, 0) is 36.2 Å². The normalized spacial score (nSPS) is 15.5. The van der Waals surface area contributed by atoms with Gasteiger partial charge in [0.1, 0.15) is 17.7 Å². The maximum Gasteiger partial charge on any atom is 0.414 e. The first-order valence-electron chi connectivity index (χ1n) is 10.7. The molecule has 0 radical (unpaired) electrons. The minimum atomic E-state index is -0.556. The molecule has 33 heavy (non-hydrogen) atoms. The van der Waals surface area contributed by atoms with Crippen LogP contribution in [-0.2, 0) is 22.6 Å². The van der Waals surface area contributed by atoms with Gasteiger partial charge < -0.3 is 20.4 Å². The summed E-state index contributed by atoms with van der Waals surface area (Å²) in [4.78, 5) is 32.0. The SMILES string of the molecule is CC(=O)NC[C@H]1CN(c2ccc(-c3ccc(CNCc4c[nH]c(C)n4)cc3)c(F)c2)C(=O)O1. The molecule has 0 aliphatic carbocycles. The third-order valence-corrected chi connectivity index (χ3v) is 5.38. The number of hydrogen-bond donors (Lipinski definition) is 3. The number of aromatic amines is 1. The number of nitrogens with one attached hydrogen (secondary N) is 3. The summed E-state index contributed by atoms with van der Waals surface area (Å²) < 4.78 is 20.1. The molecule has 0 bridgehead atoms. The van der Waals surface area contributed by atoms with E-state index in [1.54, 1.807) is 12.1 Å². The van der Waals surface area contributed by atoms with E-state index in [0.29, 0.717) is 24.3 Å². The molecule has 9 heteroatoms. The summed E-state index contributed by atoms with van der Waals surface area (Å²) >= 11 is 0. The van der Waals surface area contributed by atoms with E-state index in [9.17, 15) is 14.0 Å².